The first-order valence-corrected chi connectivity index (χ1v) is 8.41. The SMILES string of the molecule is Cc1cc(Cn2c(C)nnc2-c2cccc(C#N)c2)c2ccccc2n1. The van der Waals surface area contributed by atoms with Crippen molar-refractivity contribution in [3.05, 3.63) is 77.2 Å². The highest BCUT2D eigenvalue weighted by atomic mass is 15.3. The fraction of sp³-hybridized carbons (Fsp3) is 0.143. The zero-order valence-electron chi connectivity index (χ0n) is 14.6. The lowest BCUT2D eigenvalue weighted by Crippen LogP contribution is -2.06. The molecule has 4 rings (SSSR count). The van der Waals surface area contributed by atoms with Gasteiger partial charge in [0.05, 0.1) is 23.7 Å². The molecule has 2 aromatic heterocycles. The standard InChI is InChI=1S/C21H17N5/c1-14-10-18(19-8-3-4-9-20(19)23-14)13-26-15(2)24-25-21(26)17-7-5-6-16(11-17)12-22/h3-11H,13H2,1-2H3. The maximum atomic E-state index is 9.17. The van der Waals surface area contributed by atoms with Gasteiger partial charge in [0.1, 0.15) is 5.82 Å². The number of nitrogens with zero attached hydrogens (tertiary/aromatic N) is 5. The molecule has 4 aromatic rings. The third-order valence-corrected chi connectivity index (χ3v) is 4.44. The first kappa shape index (κ1) is 16.0. The quantitative estimate of drug-likeness (QED) is 0.565. The van der Waals surface area contributed by atoms with E-state index in [4.69, 9.17) is 5.26 Å². The summed E-state index contributed by atoms with van der Waals surface area (Å²) in [5.74, 6) is 1.60. The van der Waals surface area contributed by atoms with E-state index >= 15 is 0 Å². The fourth-order valence-corrected chi connectivity index (χ4v) is 3.21. The van der Waals surface area contributed by atoms with Crippen LogP contribution in [0.3, 0.4) is 0 Å². The van der Waals surface area contributed by atoms with Crippen molar-refractivity contribution in [3.8, 4) is 17.5 Å². The molecule has 0 bridgehead atoms. The summed E-state index contributed by atoms with van der Waals surface area (Å²) < 4.78 is 2.08. The predicted molar refractivity (Wildman–Crippen MR) is 100 cm³/mol. The summed E-state index contributed by atoms with van der Waals surface area (Å²) in [6.45, 7) is 4.60. The highest BCUT2D eigenvalue weighted by Gasteiger charge is 2.14. The predicted octanol–water partition coefficient (Wildman–Crippen LogP) is 4.03. The number of benzene rings is 2. The van der Waals surface area contributed by atoms with Crippen molar-refractivity contribution in [2.75, 3.05) is 0 Å². The summed E-state index contributed by atoms with van der Waals surface area (Å²) >= 11 is 0. The molecule has 0 radical (unpaired) electrons. The van der Waals surface area contributed by atoms with Gasteiger partial charge >= 0.3 is 0 Å². The first-order chi connectivity index (χ1) is 12.7. The molecule has 0 saturated heterocycles. The maximum Gasteiger partial charge on any atom is 0.164 e. The Hall–Kier alpha value is -3.52. The number of hydrogen-bond donors (Lipinski definition) is 0. The zero-order valence-corrected chi connectivity index (χ0v) is 14.6. The normalized spacial score (nSPS) is 10.8. The molecule has 0 aliphatic carbocycles. The van der Waals surface area contributed by atoms with Crippen LogP contribution in [0.4, 0.5) is 0 Å². The van der Waals surface area contributed by atoms with Crippen LogP contribution in [-0.2, 0) is 6.54 Å². The lowest BCUT2D eigenvalue weighted by Gasteiger charge is -2.12. The van der Waals surface area contributed by atoms with Crippen molar-refractivity contribution in [2.45, 2.75) is 20.4 Å². The number of aromatic nitrogens is 4. The van der Waals surface area contributed by atoms with E-state index in [2.05, 4.69) is 38.0 Å². The van der Waals surface area contributed by atoms with E-state index in [9.17, 15) is 0 Å². The highest BCUT2D eigenvalue weighted by Crippen LogP contribution is 2.24. The van der Waals surface area contributed by atoms with Crippen molar-refractivity contribution in [1.29, 1.82) is 5.26 Å². The van der Waals surface area contributed by atoms with Crippen molar-refractivity contribution in [1.82, 2.24) is 19.7 Å². The van der Waals surface area contributed by atoms with Crippen LogP contribution in [0.25, 0.3) is 22.3 Å². The van der Waals surface area contributed by atoms with Gasteiger partial charge < -0.3 is 4.57 Å². The summed E-state index contributed by atoms with van der Waals surface area (Å²) in [6.07, 6.45) is 0. The second kappa shape index (κ2) is 6.41. The fourth-order valence-electron chi connectivity index (χ4n) is 3.21. The first-order valence-electron chi connectivity index (χ1n) is 8.41. The van der Waals surface area contributed by atoms with Crippen molar-refractivity contribution in [2.24, 2.45) is 0 Å². The molecule has 5 nitrogen and oxygen atoms in total. The van der Waals surface area contributed by atoms with Crippen LogP contribution < -0.4 is 0 Å². The van der Waals surface area contributed by atoms with E-state index in [0.717, 1.165) is 33.8 Å². The van der Waals surface area contributed by atoms with Crippen LogP contribution in [0, 0.1) is 25.2 Å². The van der Waals surface area contributed by atoms with Gasteiger partial charge in [-0.25, -0.2) is 0 Å². The lowest BCUT2D eigenvalue weighted by atomic mass is 10.1. The number of aryl methyl sites for hydroxylation is 2. The zero-order chi connectivity index (χ0) is 18.1. The molecule has 0 atom stereocenters. The Morgan fingerprint density at radius 2 is 1.85 bits per heavy atom. The molecule has 126 valence electrons. The minimum atomic E-state index is 0.611. The smallest absolute Gasteiger partial charge is 0.164 e. The summed E-state index contributed by atoms with van der Waals surface area (Å²) in [7, 11) is 0. The monoisotopic (exact) mass is 339 g/mol. The van der Waals surface area contributed by atoms with Gasteiger partial charge in [-0.15, -0.1) is 10.2 Å². The molecule has 0 aliphatic rings. The van der Waals surface area contributed by atoms with E-state index in [1.54, 1.807) is 6.07 Å². The van der Waals surface area contributed by atoms with Crippen LogP contribution in [0.5, 0.6) is 0 Å². The number of fused-ring (bicyclic) bond motifs is 1. The summed E-state index contributed by atoms with van der Waals surface area (Å²) in [4.78, 5) is 4.61. The van der Waals surface area contributed by atoms with Crippen LogP contribution in [0.2, 0.25) is 0 Å². The van der Waals surface area contributed by atoms with Gasteiger partial charge in [0, 0.05) is 16.6 Å². The van der Waals surface area contributed by atoms with E-state index in [1.807, 2.05) is 50.2 Å². The summed E-state index contributed by atoms with van der Waals surface area (Å²) in [5.41, 5.74) is 4.65. The molecule has 5 heteroatoms. The molecular weight excluding hydrogens is 322 g/mol. The van der Waals surface area contributed by atoms with E-state index in [0.29, 0.717) is 12.1 Å². The number of nitriles is 1. The Morgan fingerprint density at radius 1 is 1.00 bits per heavy atom. The number of pyridine rings is 1. The third kappa shape index (κ3) is 2.82. The van der Waals surface area contributed by atoms with Gasteiger partial charge in [-0.1, -0.05) is 30.3 Å². The Kier molecular flexibility index (Phi) is 3.94. The molecule has 0 unspecified atom stereocenters. The van der Waals surface area contributed by atoms with E-state index < -0.39 is 0 Å². The Morgan fingerprint density at radius 3 is 2.69 bits per heavy atom. The molecule has 2 aromatic carbocycles. The maximum absolute atomic E-state index is 9.17. The van der Waals surface area contributed by atoms with Gasteiger partial charge in [-0.3, -0.25) is 4.98 Å². The molecule has 0 saturated carbocycles. The van der Waals surface area contributed by atoms with Crippen molar-refractivity contribution in [3.63, 3.8) is 0 Å². The minimum Gasteiger partial charge on any atom is -0.307 e. The number of para-hydroxylation sites is 1. The number of rotatable bonds is 3. The largest absolute Gasteiger partial charge is 0.307 e. The molecule has 26 heavy (non-hydrogen) atoms. The van der Waals surface area contributed by atoms with Crippen LogP contribution in [0.1, 0.15) is 22.6 Å². The van der Waals surface area contributed by atoms with E-state index in [-0.39, 0.29) is 0 Å². The minimum absolute atomic E-state index is 0.611. The van der Waals surface area contributed by atoms with Gasteiger partial charge in [-0.2, -0.15) is 5.26 Å². The average molecular weight is 339 g/mol. The van der Waals surface area contributed by atoms with E-state index in [1.165, 1.54) is 5.56 Å². The Bertz CT molecular complexity index is 1150. The lowest BCUT2D eigenvalue weighted by molar-refractivity contribution is 0.771. The molecule has 0 aliphatic heterocycles. The average Bonchev–Trinajstić information content (AvgIpc) is 3.02. The molecule has 0 spiro atoms. The summed E-state index contributed by atoms with van der Waals surface area (Å²) in [6, 6.07) is 19.9. The Labute approximate surface area is 151 Å². The Balaban J connectivity index is 1.84. The van der Waals surface area contributed by atoms with Crippen LogP contribution >= 0.6 is 0 Å². The van der Waals surface area contributed by atoms with Gasteiger partial charge in [-0.05, 0) is 43.7 Å². The van der Waals surface area contributed by atoms with Gasteiger partial charge in [0.25, 0.3) is 0 Å². The van der Waals surface area contributed by atoms with Gasteiger partial charge in [0.15, 0.2) is 5.82 Å². The highest BCUT2D eigenvalue weighted by molar-refractivity contribution is 5.82. The molecule has 0 amide bonds. The second-order valence-electron chi connectivity index (χ2n) is 6.29. The summed E-state index contributed by atoms with van der Waals surface area (Å²) in [5, 5.41) is 18.9. The molecule has 0 N–H and O–H groups in total. The second-order valence-corrected chi connectivity index (χ2v) is 6.29. The van der Waals surface area contributed by atoms with Crippen LogP contribution in [0.15, 0.2) is 54.6 Å². The molecule has 2 heterocycles. The van der Waals surface area contributed by atoms with Crippen molar-refractivity contribution < 1.29 is 0 Å². The topological polar surface area (TPSA) is 67.4 Å². The molecule has 0 fully saturated rings. The van der Waals surface area contributed by atoms with Gasteiger partial charge in [0.2, 0.25) is 0 Å². The number of hydrogen-bond acceptors (Lipinski definition) is 4. The van der Waals surface area contributed by atoms with Crippen molar-refractivity contribution >= 4 is 10.9 Å². The molecular formula is C21H17N5. The third-order valence-electron chi connectivity index (χ3n) is 4.44. The van der Waals surface area contributed by atoms with Crippen LogP contribution in [-0.4, -0.2) is 19.7 Å².